The Labute approximate surface area is 96.4 Å². The van der Waals surface area contributed by atoms with Crippen molar-refractivity contribution in [3.63, 3.8) is 0 Å². The molecule has 88 valence electrons. The lowest BCUT2D eigenvalue weighted by Gasteiger charge is -2.33. The van der Waals surface area contributed by atoms with Crippen LogP contribution in [0, 0.1) is 0 Å². The fourth-order valence-electron chi connectivity index (χ4n) is 2.57. The maximum absolute atomic E-state index is 4.61. The van der Waals surface area contributed by atoms with Gasteiger partial charge in [0.15, 0.2) is 17.9 Å². The molecular formula is C11H20N5+. The third-order valence-corrected chi connectivity index (χ3v) is 3.68. The zero-order valence-corrected chi connectivity index (χ0v) is 9.87. The average molecular weight is 222 g/mol. The summed E-state index contributed by atoms with van der Waals surface area (Å²) in [7, 11) is 2.19. The van der Waals surface area contributed by atoms with E-state index >= 15 is 0 Å². The van der Waals surface area contributed by atoms with E-state index in [9.17, 15) is 0 Å². The number of hydrogen-bond donors (Lipinski definition) is 2. The number of hydrogen-bond acceptors (Lipinski definition) is 4. The van der Waals surface area contributed by atoms with Crippen molar-refractivity contribution in [3.05, 3.63) is 11.5 Å². The van der Waals surface area contributed by atoms with Gasteiger partial charge in [0.05, 0.1) is 13.1 Å². The van der Waals surface area contributed by atoms with Crippen LogP contribution in [0.1, 0.15) is 0 Å². The zero-order valence-electron chi connectivity index (χ0n) is 9.87. The Balaban J connectivity index is 1.76. The molecule has 0 aliphatic carbocycles. The quantitative estimate of drug-likeness (QED) is 0.535. The van der Waals surface area contributed by atoms with Crippen LogP contribution in [0.4, 0.5) is 0 Å². The van der Waals surface area contributed by atoms with Crippen LogP contribution in [0.15, 0.2) is 16.5 Å². The highest BCUT2D eigenvalue weighted by atomic mass is 15.4. The summed E-state index contributed by atoms with van der Waals surface area (Å²) >= 11 is 0. The Morgan fingerprint density at radius 2 is 2.12 bits per heavy atom. The highest BCUT2D eigenvalue weighted by Crippen LogP contribution is 2.14. The number of quaternary nitrogens is 1. The lowest BCUT2D eigenvalue weighted by atomic mass is 10.2. The molecule has 0 bridgehead atoms. The normalized spacial score (nSPS) is 31.1. The predicted molar refractivity (Wildman–Crippen MR) is 63.3 cm³/mol. The molecule has 0 aromatic rings. The molecule has 5 nitrogen and oxygen atoms in total. The molecule has 5 heteroatoms. The molecule has 0 radical (unpaired) electrons. The molecule has 3 heterocycles. The number of piperazine rings is 2. The second-order valence-electron chi connectivity index (χ2n) is 4.80. The molecule has 2 N–H and O–H groups in total. The van der Waals surface area contributed by atoms with Crippen molar-refractivity contribution in [2.24, 2.45) is 4.99 Å². The van der Waals surface area contributed by atoms with Crippen LogP contribution in [0.25, 0.3) is 0 Å². The fraction of sp³-hybridized carbons (Fsp3) is 0.727. The van der Waals surface area contributed by atoms with E-state index in [0.717, 1.165) is 45.8 Å². The zero-order chi connectivity index (χ0) is 11.0. The minimum absolute atomic E-state index is 0.997. The van der Waals surface area contributed by atoms with Crippen LogP contribution in [-0.4, -0.2) is 69.0 Å². The summed E-state index contributed by atoms with van der Waals surface area (Å²) in [5, 5.41) is 3.44. The Bertz CT molecular complexity index is 327. The molecule has 0 amide bonds. The van der Waals surface area contributed by atoms with Gasteiger partial charge in [0.1, 0.15) is 0 Å². The molecule has 3 aliphatic rings. The summed E-state index contributed by atoms with van der Waals surface area (Å²) in [5.74, 6) is 1.23. The molecule has 0 aromatic heterocycles. The van der Waals surface area contributed by atoms with E-state index in [4.69, 9.17) is 0 Å². The summed E-state index contributed by atoms with van der Waals surface area (Å²) in [6.07, 6.45) is 2.07. The second kappa shape index (κ2) is 4.16. The van der Waals surface area contributed by atoms with Gasteiger partial charge in [-0.1, -0.05) is 0 Å². The van der Waals surface area contributed by atoms with E-state index < -0.39 is 0 Å². The molecule has 16 heavy (non-hydrogen) atoms. The standard InChI is InChI=1S/C11H19N5/c1-14-4-6-15(7-5-14)11-10-8-12-2-3-16(10)9-13-11/h9,12H,2-8H2,1H3/p+1. The van der Waals surface area contributed by atoms with Crippen molar-refractivity contribution in [1.29, 1.82) is 0 Å². The SMILES string of the molecule is CN1CCN(C2=C3CNCC[NH+]3C=N2)CC1. The van der Waals surface area contributed by atoms with Gasteiger partial charge in [0, 0.05) is 32.7 Å². The first kappa shape index (κ1) is 10.3. The van der Waals surface area contributed by atoms with Gasteiger partial charge in [-0.25, -0.2) is 0 Å². The highest BCUT2D eigenvalue weighted by molar-refractivity contribution is 5.51. The first-order valence-electron chi connectivity index (χ1n) is 6.12. The van der Waals surface area contributed by atoms with Crippen molar-refractivity contribution in [2.45, 2.75) is 0 Å². The Morgan fingerprint density at radius 3 is 2.94 bits per heavy atom. The van der Waals surface area contributed by atoms with E-state index in [1.807, 2.05) is 0 Å². The van der Waals surface area contributed by atoms with Crippen LogP contribution in [0.5, 0.6) is 0 Å². The predicted octanol–water partition coefficient (Wildman–Crippen LogP) is -2.07. The Hall–Kier alpha value is -0.910. The fourth-order valence-corrected chi connectivity index (χ4v) is 2.57. The van der Waals surface area contributed by atoms with Crippen molar-refractivity contribution < 1.29 is 4.90 Å². The van der Waals surface area contributed by atoms with Gasteiger partial charge in [0.25, 0.3) is 0 Å². The molecule has 2 fully saturated rings. The first-order valence-corrected chi connectivity index (χ1v) is 6.12. The van der Waals surface area contributed by atoms with Crippen LogP contribution in [0.3, 0.4) is 0 Å². The summed E-state index contributed by atoms with van der Waals surface area (Å²) < 4.78 is 0. The van der Waals surface area contributed by atoms with E-state index in [1.54, 1.807) is 0 Å². The van der Waals surface area contributed by atoms with E-state index in [0.29, 0.717) is 0 Å². The number of aliphatic imine (C=N–C) groups is 1. The third-order valence-electron chi connectivity index (χ3n) is 3.68. The monoisotopic (exact) mass is 222 g/mol. The van der Waals surface area contributed by atoms with E-state index in [1.165, 1.54) is 16.4 Å². The highest BCUT2D eigenvalue weighted by Gasteiger charge is 2.31. The third kappa shape index (κ3) is 1.75. The maximum Gasteiger partial charge on any atom is 0.195 e. The van der Waals surface area contributed by atoms with E-state index in [-0.39, 0.29) is 0 Å². The van der Waals surface area contributed by atoms with Gasteiger partial charge in [-0.2, -0.15) is 4.99 Å². The second-order valence-corrected chi connectivity index (χ2v) is 4.80. The number of nitrogens with one attached hydrogen (secondary N) is 2. The van der Waals surface area contributed by atoms with Crippen molar-refractivity contribution >= 4 is 6.34 Å². The van der Waals surface area contributed by atoms with Gasteiger partial charge in [0.2, 0.25) is 0 Å². The minimum Gasteiger partial charge on any atom is -0.349 e. The molecule has 1 atom stereocenters. The lowest BCUT2D eigenvalue weighted by molar-refractivity contribution is -0.756. The van der Waals surface area contributed by atoms with Crippen molar-refractivity contribution in [2.75, 3.05) is 52.9 Å². The lowest BCUT2D eigenvalue weighted by Crippen LogP contribution is -3.11. The number of rotatable bonds is 1. The molecule has 0 spiro atoms. The van der Waals surface area contributed by atoms with Crippen LogP contribution in [-0.2, 0) is 0 Å². The van der Waals surface area contributed by atoms with Crippen molar-refractivity contribution in [1.82, 2.24) is 15.1 Å². The van der Waals surface area contributed by atoms with Crippen LogP contribution < -0.4 is 10.2 Å². The van der Waals surface area contributed by atoms with Gasteiger partial charge >= 0.3 is 0 Å². The smallest absolute Gasteiger partial charge is 0.195 e. The molecule has 2 saturated heterocycles. The molecule has 0 saturated carbocycles. The van der Waals surface area contributed by atoms with Gasteiger partial charge in [-0.15, -0.1) is 0 Å². The van der Waals surface area contributed by atoms with Gasteiger partial charge in [-0.3, -0.25) is 4.90 Å². The summed E-state index contributed by atoms with van der Waals surface area (Å²) in [6, 6.07) is 0. The summed E-state index contributed by atoms with van der Waals surface area (Å²) in [6.45, 7) is 7.75. The summed E-state index contributed by atoms with van der Waals surface area (Å²) in [5.41, 5.74) is 1.44. The molecular weight excluding hydrogens is 202 g/mol. The topological polar surface area (TPSA) is 35.3 Å². The average Bonchev–Trinajstić information content (AvgIpc) is 2.74. The Kier molecular flexibility index (Phi) is 2.67. The minimum atomic E-state index is 0.997. The molecule has 3 aliphatic heterocycles. The number of likely N-dealkylation sites (N-methyl/N-ethyl adjacent to an activating group) is 1. The van der Waals surface area contributed by atoms with Crippen LogP contribution in [0.2, 0.25) is 0 Å². The van der Waals surface area contributed by atoms with Gasteiger partial charge < -0.3 is 15.1 Å². The number of fused-ring (bicyclic) bond motifs is 1. The Morgan fingerprint density at radius 1 is 1.31 bits per heavy atom. The maximum atomic E-state index is 4.61. The first-order chi connectivity index (χ1) is 7.84. The van der Waals surface area contributed by atoms with Crippen molar-refractivity contribution in [3.8, 4) is 0 Å². The van der Waals surface area contributed by atoms with Crippen LogP contribution >= 0.6 is 0 Å². The van der Waals surface area contributed by atoms with Gasteiger partial charge in [-0.05, 0) is 7.05 Å². The van der Waals surface area contributed by atoms with E-state index in [2.05, 4.69) is 33.5 Å². The summed E-state index contributed by atoms with van der Waals surface area (Å²) in [4.78, 5) is 10.9. The number of nitrogens with zero attached hydrogens (tertiary/aromatic N) is 3. The molecule has 3 rings (SSSR count). The molecule has 1 unspecified atom stereocenters. The molecule has 0 aromatic carbocycles. The largest absolute Gasteiger partial charge is 0.349 e.